The lowest BCUT2D eigenvalue weighted by molar-refractivity contribution is 0.552. The molecule has 2 rings (SSSR count). The fraction of sp³-hybridized carbons (Fsp3) is 0.500. The van der Waals surface area contributed by atoms with Crippen LogP contribution in [0, 0.1) is 5.92 Å². The molecule has 0 radical (unpaired) electrons. The highest BCUT2D eigenvalue weighted by molar-refractivity contribution is 9.10. The number of nitrogens with one attached hydrogen (secondary N) is 1. The van der Waals surface area contributed by atoms with Gasteiger partial charge in [0.1, 0.15) is 0 Å². The summed E-state index contributed by atoms with van der Waals surface area (Å²) in [4.78, 5) is 0. The molecule has 0 spiro atoms. The summed E-state index contributed by atoms with van der Waals surface area (Å²) in [5, 5.41) is 3.63. The first-order valence-electron chi connectivity index (χ1n) is 5.18. The van der Waals surface area contributed by atoms with E-state index in [4.69, 9.17) is 0 Å². The SMILES string of the molecule is CC(NC1CC1C)c1cccc(Br)c1. The topological polar surface area (TPSA) is 12.0 Å². The maximum Gasteiger partial charge on any atom is 0.0294 e. The molecule has 0 heterocycles. The predicted molar refractivity (Wildman–Crippen MR) is 63.3 cm³/mol. The molecule has 3 unspecified atom stereocenters. The first-order chi connectivity index (χ1) is 6.66. The van der Waals surface area contributed by atoms with Crippen LogP contribution in [-0.2, 0) is 0 Å². The summed E-state index contributed by atoms with van der Waals surface area (Å²) < 4.78 is 1.16. The molecule has 1 N–H and O–H groups in total. The Labute approximate surface area is 94.0 Å². The van der Waals surface area contributed by atoms with Crippen molar-refractivity contribution in [2.75, 3.05) is 0 Å². The van der Waals surface area contributed by atoms with Crippen molar-refractivity contribution in [2.45, 2.75) is 32.4 Å². The minimum absolute atomic E-state index is 0.461. The van der Waals surface area contributed by atoms with Crippen LogP contribution in [-0.4, -0.2) is 6.04 Å². The second-order valence-electron chi connectivity index (χ2n) is 4.26. The smallest absolute Gasteiger partial charge is 0.0294 e. The molecule has 1 nitrogen and oxygen atoms in total. The number of hydrogen-bond donors (Lipinski definition) is 1. The Hall–Kier alpha value is -0.340. The van der Waals surface area contributed by atoms with Crippen molar-refractivity contribution in [3.8, 4) is 0 Å². The lowest BCUT2D eigenvalue weighted by Gasteiger charge is -2.14. The molecule has 0 bridgehead atoms. The van der Waals surface area contributed by atoms with Gasteiger partial charge in [0.05, 0.1) is 0 Å². The van der Waals surface area contributed by atoms with E-state index in [9.17, 15) is 0 Å². The molecule has 1 saturated carbocycles. The highest BCUT2D eigenvalue weighted by Gasteiger charge is 2.33. The summed E-state index contributed by atoms with van der Waals surface area (Å²) in [7, 11) is 0. The van der Waals surface area contributed by atoms with E-state index in [0.717, 1.165) is 16.4 Å². The molecule has 3 atom stereocenters. The van der Waals surface area contributed by atoms with Crippen molar-refractivity contribution in [1.29, 1.82) is 0 Å². The molecular formula is C12H16BrN. The fourth-order valence-corrected chi connectivity index (χ4v) is 2.16. The van der Waals surface area contributed by atoms with E-state index in [1.54, 1.807) is 0 Å². The molecule has 1 aromatic carbocycles. The number of halogens is 1. The Kier molecular flexibility index (Phi) is 2.93. The molecule has 0 amide bonds. The normalized spacial score (nSPS) is 27.4. The second-order valence-corrected chi connectivity index (χ2v) is 5.18. The Morgan fingerprint density at radius 3 is 2.79 bits per heavy atom. The number of hydrogen-bond acceptors (Lipinski definition) is 1. The van der Waals surface area contributed by atoms with Crippen LogP contribution in [0.4, 0.5) is 0 Å². The van der Waals surface area contributed by atoms with Gasteiger partial charge in [-0.15, -0.1) is 0 Å². The lowest BCUT2D eigenvalue weighted by atomic mass is 10.1. The zero-order valence-corrected chi connectivity index (χ0v) is 10.2. The van der Waals surface area contributed by atoms with Crippen LogP contribution in [0.2, 0.25) is 0 Å². The monoisotopic (exact) mass is 253 g/mol. The van der Waals surface area contributed by atoms with Gasteiger partial charge in [-0.2, -0.15) is 0 Å². The van der Waals surface area contributed by atoms with E-state index >= 15 is 0 Å². The molecule has 1 fully saturated rings. The summed E-state index contributed by atoms with van der Waals surface area (Å²) in [6, 6.07) is 9.72. The van der Waals surface area contributed by atoms with Crippen molar-refractivity contribution in [2.24, 2.45) is 5.92 Å². The third kappa shape index (κ3) is 2.37. The van der Waals surface area contributed by atoms with Gasteiger partial charge in [-0.05, 0) is 37.0 Å². The van der Waals surface area contributed by atoms with Crippen LogP contribution in [0.3, 0.4) is 0 Å². The first-order valence-corrected chi connectivity index (χ1v) is 5.97. The van der Waals surface area contributed by atoms with E-state index in [2.05, 4.69) is 59.4 Å². The second kappa shape index (κ2) is 4.03. The molecule has 1 aliphatic rings. The van der Waals surface area contributed by atoms with Crippen LogP contribution < -0.4 is 5.32 Å². The Bertz CT molecular complexity index is 324. The third-order valence-corrected chi connectivity index (χ3v) is 3.42. The Morgan fingerprint density at radius 1 is 1.50 bits per heavy atom. The van der Waals surface area contributed by atoms with Crippen molar-refractivity contribution in [3.63, 3.8) is 0 Å². The zero-order valence-electron chi connectivity index (χ0n) is 8.63. The molecule has 1 aliphatic carbocycles. The molecule has 14 heavy (non-hydrogen) atoms. The average molecular weight is 254 g/mol. The maximum atomic E-state index is 3.63. The van der Waals surface area contributed by atoms with E-state index in [0.29, 0.717) is 6.04 Å². The van der Waals surface area contributed by atoms with E-state index < -0.39 is 0 Å². The third-order valence-electron chi connectivity index (χ3n) is 2.92. The van der Waals surface area contributed by atoms with Crippen LogP contribution in [0.15, 0.2) is 28.7 Å². The zero-order chi connectivity index (χ0) is 10.1. The maximum absolute atomic E-state index is 3.63. The van der Waals surface area contributed by atoms with Crippen LogP contribution in [0.25, 0.3) is 0 Å². The van der Waals surface area contributed by atoms with E-state index in [-0.39, 0.29) is 0 Å². The minimum Gasteiger partial charge on any atom is -0.307 e. The summed E-state index contributed by atoms with van der Waals surface area (Å²) >= 11 is 3.50. The van der Waals surface area contributed by atoms with Crippen molar-refractivity contribution < 1.29 is 0 Å². The first kappa shape index (κ1) is 10.2. The van der Waals surface area contributed by atoms with Gasteiger partial charge < -0.3 is 5.32 Å². The molecule has 0 saturated heterocycles. The molecule has 1 aromatic rings. The van der Waals surface area contributed by atoms with Gasteiger partial charge in [-0.1, -0.05) is 35.0 Å². The average Bonchev–Trinajstić information content (AvgIpc) is 2.81. The molecule has 0 aliphatic heterocycles. The molecule has 0 aromatic heterocycles. The van der Waals surface area contributed by atoms with Gasteiger partial charge in [0, 0.05) is 16.6 Å². The van der Waals surface area contributed by atoms with E-state index in [1.165, 1.54) is 12.0 Å². The summed E-state index contributed by atoms with van der Waals surface area (Å²) in [5.41, 5.74) is 1.36. The summed E-state index contributed by atoms with van der Waals surface area (Å²) in [6.07, 6.45) is 1.33. The number of benzene rings is 1. The van der Waals surface area contributed by atoms with Gasteiger partial charge in [-0.25, -0.2) is 0 Å². The van der Waals surface area contributed by atoms with Crippen LogP contribution >= 0.6 is 15.9 Å². The van der Waals surface area contributed by atoms with Gasteiger partial charge in [0.25, 0.3) is 0 Å². The minimum atomic E-state index is 0.461. The van der Waals surface area contributed by atoms with Gasteiger partial charge in [0.15, 0.2) is 0 Å². The highest BCUT2D eigenvalue weighted by Crippen LogP contribution is 2.31. The molecule has 76 valence electrons. The Balaban J connectivity index is 2.00. The molecular weight excluding hydrogens is 238 g/mol. The fourth-order valence-electron chi connectivity index (χ4n) is 1.75. The van der Waals surface area contributed by atoms with Crippen molar-refractivity contribution in [1.82, 2.24) is 5.32 Å². The quantitative estimate of drug-likeness (QED) is 0.870. The summed E-state index contributed by atoms with van der Waals surface area (Å²) in [5.74, 6) is 0.865. The number of rotatable bonds is 3. The predicted octanol–water partition coefficient (Wildman–Crippen LogP) is 3.51. The van der Waals surface area contributed by atoms with Gasteiger partial charge in [0.2, 0.25) is 0 Å². The van der Waals surface area contributed by atoms with Crippen molar-refractivity contribution >= 4 is 15.9 Å². The van der Waals surface area contributed by atoms with Crippen LogP contribution in [0.1, 0.15) is 31.9 Å². The van der Waals surface area contributed by atoms with Crippen molar-refractivity contribution in [3.05, 3.63) is 34.3 Å². The largest absolute Gasteiger partial charge is 0.307 e. The van der Waals surface area contributed by atoms with Gasteiger partial charge >= 0.3 is 0 Å². The summed E-state index contributed by atoms with van der Waals surface area (Å²) in [6.45, 7) is 4.53. The Morgan fingerprint density at radius 2 is 2.21 bits per heavy atom. The van der Waals surface area contributed by atoms with Crippen LogP contribution in [0.5, 0.6) is 0 Å². The van der Waals surface area contributed by atoms with Gasteiger partial charge in [-0.3, -0.25) is 0 Å². The standard InChI is InChI=1S/C12H16BrN/c1-8-6-12(8)14-9(2)10-4-3-5-11(13)7-10/h3-5,7-9,12,14H,6H2,1-2H3. The highest BCUT2D eigenvalue weighted by atomic mass is 79.9. The molecule has 2 heteroatoms. The lowest BCUT2D eigenvalue weighted by Crippen LogP contribution is -2.21. The van der Waals surface area contributed by atoms with E-state index in [1.807, 2.05) is 0 Å².